The molecule has 9 atom stereocenters. The van der Waals surface area contributed by atoms with E-state index in [1.807, 2.05) is 20.8 Å². The second kappa shape index (κ2) is 9.53. The summed E-state index contributed by atoms with van der Waals surface area (Å²) in [6.07, 6.45) is 3.47. The maximum absolute atomic E-state index is 17.0. The lowest BCUT2D eigenvalue weighted by atomic mass is 9.32. The second-order valence-corrected chi connectivity index (χ2v) is 16.8. The van der Waals surface area contributed by atoms with Crippen LogP contribution in [0.3, 0.4) is 0 Å². The van der Waals surface area contributed by atoms with Crippen molar-refractivity contribution in [2.75, 3.05) is 6.79 Å². The zero-order valence-electron chi connectivity index (χ0n) is 25.8. The molecule has 42 heavy (non-hydrogen) atoms. The third-order valence-corrected chi connectivity index (χ3v) is 14.4. The van der Waals surface area contributed by atoms with Crippen LogP contribution in [-0.2, 0) is 18.6 Å². The molecule has 240 valence electrons. The quantitative estimate of drug-likeness (QED) is 0.108. The highest BCUT2D eigenvalue weighted by atomic mass is 31.2. The molecule has 6 nitrogen and oxygen atoms in total. The van der Waals surface area contributed by atoms with Crippen molar-refractivity contribution in [3.05, 3.63) is 11.6 Å². The number of carbonyl (C=O) groups is 1. The van der Waals surface area contributed by atoms with Crippen LogP contribution in [0.2, 0.25) is 0 Å². The van der Waals surface area contributed by atoms with Crippen LogP contribution in [0.15, 0.2) is 11.6 Å². The van der Waals surface area contributed by atoms with Gasteiger partial charge in [0.05, 0.1) is 5.41 Å². The molecule has 5 aliphatic carbocycles. The number of phosphoric ester groups is 1. The number of esters is 1. The van der Waals surface area contributed by atoms with E-state index in [-0.39, 0.29) is 24.7 Å². The predicted molar refractivity (Wildman–Crippen MR) is 148 cm³/mol. The molecule has 0 aromatic carbocycles. The Hall–Kier alpha value is -0.960. The summed E-state index contributed by atoms with van der Waals surface area (Å²) in [6, 6.07) is 0. The first-order valence-corrected chi connectivity index (χ1v) is 16.9. The maximum Gasteiger partial charge on any atom is 0.472 e. The summed E-state index contributed by atoms with van der Waals surface area (Å²) in [4.78, 5) is 31.9. The van der Waals surface area contributed by atoms with Gasteiger partial charge in [0.25, 0.3) is 11.8 Å². The minimum Gasteiger partial charge on any atom is -0.437 e. The standard InChI is InChI=1S/C31H47F4O6P/c1-18-10-11-29(24(36)40-17-41-42(37,38)39)14-13-27(6)20(23(29)19(18)2)8-9-21-26(5)12-15-30(32,33)25(3,4)22(26)16-31(34,35)28(21,27)7/h8,18-19,21-23H,9-17H2,1-7H3,(H2,37,38,39). The Morgan fingerprint density at radius 3 is 2.21 bits per heavy atom. The highest BCUT2D eigenvalue weighted by Crippen LogP contribution is 2.79. The van der Waals surface area contributed by atoms with E-state index in [4.69, 9.17) is 14.5 Å². The Morgan fingerprint density at radius 2 is 1.60 bits per heavy atom. The van der Waals surface area contributed by atoms with Gasteiger partial charge in [-0.25, -0.2) is 26.7 Å². The highest BCUT2D eigenvalue weighted by molar-refractivity contribution is 7.46. The fourth-order valence-corrected chi connectivity index (χ4v) is 11.1. The molecule has 0 radical (unpaired) electrons. The molecule has 0 saturated heterocycles. The minimum atomic E-state index is -4.85. The van der Waals surface area contributed by atoms with Gasteiger partial charge in [-0.3, -0.25) is 4.79 Å². The van der Waals surface area contributed by atoms with E-state index >= 15 is 17.6 Å². The summed E-state index contributed by atoms with van der Waals surface area (Å²) in [5.41, 5.74) is -4.96. The Kier molecular flexibility index (Phi) is 7.36. The van der Waals surface area contributed by atoms with Gasteiger partial charge in [-0.1, -0.05) is 60.1 Å². The summed E-state index contributed by atoms with van der Waals surface area (Å²) in [6.45, 7) is 11.7. The molecular formula is C31H47F4O6P. The van der Waals surface area contributed by atoms with Crippen molar-refractivity contribution in [3.63, 3.8) is 0 Å². The van der Waals surface area contributed by atoms with Crippen LogP contribution in [0.1, 0.15) is 99.8 Å². The van der Waals surface area contributed by atoms with E-state index in [1.54, 1.807) is 6.92 Å². The van der Waals surface area contributed by atoms with E-state index in [0.717, 1.165) is 12.0 Å². The molecule has 0 aromatic heterocycles. The summed E-state index contributed by atoms with van der Waals surface area (Å²) >= 11 is 0. The van der Waals surface area contributed by atoms with Crippen molar-refractivity contribution in [1.82, 2.24) is 0 Å². The highest BCUT2D eigenvalue weighted by Gasteiger charge is 2.78. The number of alkyl halides is 4. The van der Waals surface area contributed by atoms with Crippen molar-refractivity contribution in [2.24, 2.45) is 56.7 Å². The van der Waals surface area contributed by atoms with Crippen LogP contribution >= 0.6 is 7.82 Å². The molecular weight excluding hydrogens is 575 g/mol. The van der Waals surface area contributed by atoms with Crippen LogP contribution in [0.4, 0.5) is 17.6 Å². The molecule has 5 rings (SSSR count). The molecule has 0 bridgehead atoms. The van der Waals surface area contributed by atoms with Gasteiger partial charge in [0.15, 0.2) is 0 Å². The topological polar surface area (TPSA) is 93.1 Å². The lowest BCUT2D eigenvalue weighted by molar-refractivity contribution is -0.320. The van der Waals surface area contributed by atoms with Crippen molar-refractivity contribution >= 4 is 13.8 Å². The van der Waals surface area contributed by atoms with E-state index in [2.05, 4.69) is 17.5 Å². The number of allylic oxidation sites excluding steroid dienone is 2. The Morgan fingerprint density at radius 1 is 0.952 bits per heavy atom. The van der Waals surface area contributed by atoms with Crippen LogP contribution < -0.4 is 0 Å². The zero-order valence-corrected chi connectivity index (χ0v) is 26.7. The molecule has 5 aliphatic rings. The normalized spacial score (nSPS) is 47.2. The first-order chi connectivity index (χ1) is 19.0. The van der Waals surface area contributed by atoms with Gasteiger partial charge < -0.3 is 14.5 Å². The molecule has 2 N–H and O–H groups in total. The van der Waals surface area contributed by atoms with E-state index < -0.39 is 83.7 Å². The summed E-state index contributed by atoms with van der Waals surface area (Å²) in [7, 11) is -4.85. The number of ether oxygens (including phenoxy) is 1. The maximum atomic E-state index is 17.0. The summed E-state index contributed by atoms with van der Waals surface area (Å²) < 4.78 is 85.3. The van der Waals surface area contributed by atoms with Crippen LogP contribution in [0, 0.1) is 56.7 Å². The first-order valence-electron chi connectivity index (χ1n) is 15.4. The number of halogens is 4. The number of hydrogen-bond donors (Lipinski definition) is 2. The molecule has 0 spiro atoms. The number of rotatable bonds is 4. The van der Waals surface area contributed by atoms with Crippen LogP contribution in [0.5, 0.6) is 0 Å². The average molecular weight is 623 g/mol. The fraction of sp³-hybridized carbons (Fsp3) is 0.903. The molecule has 0 aromatic rings. The number of carbonyl (C=O) groups excluding carboxylic acids is 1. The molecule has 0 amide bonds. The van der Waals surface area contributed by atoms with Crippen molar-refractivity contribution < 1.29 is 46.0 Å². The third-order valence-electron chi connectivity index (χ3n) is 13.9. The molecule has 4 saturated carbocycles. The molecule has 4 fully saturated rings. The van der Waals surface area contributed by atoms with E-state index in [1.165, 1.54) is 13.8 Å². The Balaban J connectivity index is 1.60. The minimum absolute atomic E-state index is 0.0344. The van der Waals surface area contributed by atoms with Gasteiger partial charge in [-0.05, 0) is 73.5 Å². The van der Waals surface area contributed by atoms with Gasteiger partial charge in [0.2, 0.25) is 6.79 Å². The SMILES string of the molecule is CC1CCC2(C(=O)OCOP(=O)(O)O)CCC3(C)C(=CCC4C5(C)CCC(F)(F)C(C)(C)C5CC(F)(F)C43C)C2C1C. The molecule has 11 heteroatoms. The summed E-state index contributed by atoms with van der Waals surface area (Å²) in [5.74, 6) is -8.44. The van der Waals surface area contributed by atoms with Gasteiger partial charge in [0.1, 0.15) is 0 Å². The zero-order chi connectivity index (χ0) is 31.5. The van der Waals surface area contributed by atoms with E-state index in [0.29, 0.717) is 25.7 Å². The van der Waals surface area contributed by atoms with E-state index in [9.17, 15) is 9.36 Å². The largest absolute Gasteiger partial charge is 0.472 e. The lowest BCUT2D eigenvalue weighted by Crippen LogP contribution is -2.72. The predicted octanol–water partition coefficient (Wildman–Crippen LogP) is 8.13. The molecule has 0 aliphatic heterocycles. The van der Waals surface area contributed by atoms with Gasteiger partial charge in [0, 0.05) is 29.1 Å². The Labute approximate surface area is 246 Å². The monoisotopic (exact) mass is 622 g/mol. The first kappa shape index (κ1) is 32.4. The number of fused-ring (bicyclic) bond motifs is 7. The van der Waals surface area contributed by atoms with Crippen LogP contribution in [0.25, 0.3) is 0 Å². The summed E-state index contributed by atoms with van der Waals surface area (Å²) in [5, 5.41) is 0. The smallest absolute Gasteiger partial charge is 0.437 e. The lowest BCUT2D eigenvalue weighted by Gasteiger charge is -2.72. The van der Waals surface area contributed by atoms with Crippen molar-refractivity contribution in [1.29, 1.82) is 0 Å². The van der Waals surface area contributed by atoms with Crippen molar-refractivity contribution in [3.8, 4) is 0 Å². The average Bonchev–Trinajstić information content (AvgIpc) is 2.86. The third kappa shape index (κ3) is 4.12. The van der Waals surface area contributed by atoms with Gasteiger partial charge in [-0.15, -0.1) is 0 Å². The fourth-order valence-electron chi connectivity index (χ4n) is 10.9. The van der Waals surface area contributed by atoms with Crippen molar-refractivity contribution in [2.45, 2.75) is 112 Å². The molecule has 0 heterocycles. The van der Waals surface area contributed by atoms with Crippen LogP contribution in [-0.4, -0.2) is 34.4 Å². The molecule has 9 unspecified atom stereocenters. The van der Waals surface area contributed by atoms with Gasteiger partial charge >= 0.3 is 13.8 Å². The number of phosphoric acid groups is 1. The number of hydrogen-bond acceptors (Lipinski definition) is 4. The second-order valence-electron chi connectivity index (χ2n) is 15.6. The van der Waals surface area contributed by atoms with Gasteiger partial charge in [-0.2, -0.15) is 0 Å². The Bertz CT molecular complexity index is 1220.